The average molecular weight is 348 g/mol. The van der Waals surface area contributed by atoms with Crippen LogP contribution in [0.15, 0.2) is 48.8 Å². The van der Waals surface area contributed by atoms with E-state index >= 15 is 0 Å². The molecule has 128 valence electrons. The van der Waals surface area contributed by atoms with E-state index in [1.54, 1.807) is 6.07 Å². The zero-order valence-electron chi connectivity index (χ0n) is 12.9. The number of nitrogens with zero attached hydrogens (tertiary/aromatic N) is 4. The fourth-order valence-corrected chi connectivity index (χ4v) is 2.28. The Balaban J connectivity index is 2.08. The Hall–Kier alpha value is -3.23. The third-order valence-corrected chi connectivity index (χ3v) is 3.50. The Labute approximate surface area is 139 Å². The summed E-state index contributed by atoms with van der Waals surface area (Å²) in [6, 6.07) is 9.35. The molecule has 0 aliphatic heterocycles. The van der Waals surface area contributed by atoms with Crippen LogP contribution in [0.4, 0.5) is 13.2 Å². The third kappa shape index (κ3) is 3.49. The highest BCUT2D eigenvalue weighted by Gasteiger charge is 2.30. The molecule has 0 saturated carbocycles. The van der Waals surface area contributed by atoms with Crippen LogP contribution in [0.5, 0.6) is 0 Å². The molecule has 0 amide bonds. The van der Waals surface area contributed by atoms with E-state index in [1.807, 2.05) is 0 Å². The first-order valence-corrected chi connectivity index (χ1v) is 7.03. The van der Waals surface area contributed by atoms with Gasteiger partial charge in [-0.05, 0) is 51.9 Å². The Morgan fingerprint density at radius 3 is 2.36 bits per heavy atom. The minimum atomic E-state index is -4.41. The Bertz CT molecular complexity index is 891. The van der Waals surface area contributed by atoms with E-state index in [0.717, 1.165) is 12.1 Å². The van der Waals surface area contributed by atoms with E-state index in [-0.39, 0.29) is 5.56 Å². The van der Waals surface area contributed by atoms with Gasteiger partial charge in [0.25, 0.3) is 0 Å². The smallest absolute Gasteiger partial charge is 0.416 e. The minimum Gasteiger partial charge on any atom is -0.465 e. The number of aromatic nitrogens is 4. The van der Waals surface area contributed by atoms with Gasteiger partial charge in [0.05, 0.1) is 23.9 Å². The monoisotopic (exact) mass is 348 g/mol. The zero-order valence-corrected chi connectivity index (χ0v) is 12.9. The molecule has 9 heteroatoms. The highest BCUT2D eigenvalue weighted by molar-refractivity contribution is 5.92. The molecule has 0 saturated heterocycles. The van der Waals surface area contributed by atoms with Crippen molar-refractivity contribution in [2.45, 2.75) is 6.18 Å². The molecule has 1 aromatic heterocycles. The summed E-state index contributed by atoms with van der Waals surface area (Å²) in [5.74, 6) is -0.580. The van der Waals surface area contributed by atoms with Crippen molar-refractivity contribution >= 4 is 5.97 Å². The Morgan fingerprint density at radius 1 is 1.08 bits per heavy atom. The first-order valence-electron chi connectivity index (χ1n) is 7.03. The van der Waals surface area contributed by atoms with Crippen LogP contribution in [0.2, 0.25) is 0 Å². The lowest BCUT2D eigenvalue weighted by atomic mass is 10.0. The molecular weight excluding hydrogens is 337 g/mol. The van der Waals surface area contributed by atoms with Crippen molar-refractivity contribution < 1.29 is 22.7 Å². The predicted octanol–water partition coefficient (Wildman–Crippen LogP) is 3.13. The number of alkyl halides is 3. The van der Waals surface area contributed by atoms with Crippen molar-refractivity contribution in [1.29, 1.82) is 0 Å². The highest BCUT2D eigenvalue weighted by atomic mass is 19.4. The molecule has 0 fully saturated rings. The molecular formula is C16H11F3N4O2. The predicted molar refractivity (Wildman–Crippen MR) is 80.9 cm³/mol. The number of esters is 1. The van der Waals surface area contributed by atoms with Crippen LogP contribution in [0.25, 0.3) is 16.8 Å². The van der Waals surface area contributed by atoms with Crippen LogP contribution in [0, 0.1) is 0 Å². The van der Waals surface area contributed by atoms with E-state index in [1.165, 1.54) is 42.4 Å². The molecule has 0 bridgehead atoms. The van der Waals surface area contributed by atoms with Crippen molar-refractivity contribution in [1.82, 2.24) is 20.2 Å². The SMILES string of the molecule is COC(=O)c1cc(-c2ccc(C(F)(F)F)cc2)cc(-n2cnnn2)c1. The number of hydrogen-bond donors (Lipinski definition) is 0. The van der Waals surface area contributed by atoms with Crippen molar-refractivity contribution in [2.24, 2.45) is 0 Å². The van der Waals surface area contributed by atoms with Gasteiger partial charge < -0.3 is 4.74 Å². The van der Waals surface area contributed by atoms with Crippen LogP contribution in [-0.2, 0) is 10.9 Å². The van der Waals surface area contributed by atoms with Gasteiger partial charge in [0.15, 0.2) is 0 Å². The molecule has 3 rings (SSSR count). The lowest BCUT2D eigenvalue weighted by molar-refractivity contribution is -0.137. The first-order chi connectivity index (χ1) is 11.9. The molecule has 0 spiro atoms. The maximum Gasteiger partial charge on any atom is 0.416 e. The van der Waals surface area contributed by atoms with E-state index < -0.39 is 17.7 Å². The summed E-state index contributed by atoms with van der Waals surface area (Å²) in [7, 11) is 1.24. The molecule has 2 aromatic carbocycles. The number of carbonyl (C=O) groups is 1. The van der Waals surface area contributed by atoms with E-state index in [2.05, 4.69) is 15.5 Å². The molecule has 0 aliphatic rings. The van der Waals surface area contributed by atoms with Gasteiger partial charge in [-0.2, -0.15) is 13.2 Å². The number of halogens is 3. The number of ether oxygens (including phenoxy) is 1. The topological polar surface area (TPSA) is 69.9 Å². The maximum atomic E-state index is 12.7. The molecule has 1 heterocycles. The summed E-state index contributed by atoms with van der Waals surface area (Å²) in [5, 5.41) is 10.8. The van der Waals surface area contributed by atoms with E-state index in [9.17, 15) is 18.0 Å². The summed E-state index contributed by atoms with van der Waals surface area (Å²) in [5.41, 5.74) is 0.990. The van der Waals surface area contributed by atoms with Crippen LogP contribution in [0.1, 0.15) is 15.9 Å². The molecule has 0 N–H and O–H groups in total. The molecule has 0 aliphatic carbocycles. The highest BCUT2D eigenvalue weighted by Crippen LogP contribution is 2.31. The molecule has 3 aromatic rings. The normalized spacial score (nSPS) is 11.4. The van der Waals surface area contributed by atoms with Gasteiger partial charge in [-0.25, -0.2) is 9.48 Å². The van der Waals surface area contributed by atoms with Crippen LogP contribution in [0.3, 0.4) is 0 Å². The standard InChI is InChI=1S/C16H11F3N4O2/c1-25-15(24)12-6-11(7-14(8-12)23-9-20-21-22-23)10-2-4-13(5-3-10)16(17,18)19/h2-9H,1H3. The summed E-state index contributed by atoms with van der Waals surface area (Å²) >= 11 is 0. The maximum absolute atomic E-state index is 12.7. The van der Waals surface area contributed by atoms with Crippen molar-refractivity contribution in [3.63, 3.8) is 0 Å². The molecule has 0 unspecified atom stereocenters. The van der Waals surface area contributed by atoms with Gasteiger partial charge in [-0.1, -0.05) is 12.1 Å². The van der Waals surface area contributed by atoms with Gasteiger partial charge in [-0.3, -0.25) is 0 Å². The lowest BCUT2D eigenvalue weighted by Gasteiger charge is -2.10. The van der Waals surface area contributed by atoms with Crippen molar-refractivity contribution in [3.05, 3.63) is 59.9 Å². The van der Waals surface area contributed by atoms with Gasteiger partial charge in [0, 0.05) is 0 Å². The van der Waals surface area contributed by atoms with Crippen molar-refractivity contribution in [3.8, 4) is 16.8 Å². The van der Waals surface area contributed by atoms with Crippen LogP contribution < -0.4 is 0 Å². The second kappa shape index (κ2) is 6.34. The van der Waals surface area contributed by atoms with E-state index in [4.69, 9.17) is 4.74 Å². The Kier molecular flexibility index (Phi) is 4.22. The summed E-state index contributed by atoms with van der Waals surface area (Å²) in [6.45, 7) is 0. The number of rotatable bonds is 3. The molecule has 6 nitrogen and oxygen atoms in total. The minimum absolute atomic E-state index is 0.227. The largest absolute Gasteiger partial charge is 0.465 e. The fourth-order valence-electron chi connectivity index (χ4n) is 2.28. The third-order valence-electron chi connectivity index (χ3n) is 3.50. The second-order valence-corrected chi connectivity index (χ2v) is 5.09. The fraction of sp³-hybridized carbons (Fsp3) is 0.125. The van der Waals surface area contributed by atoms with Crippen LogP contribution >= 0.6 is 0 Å². The number of tetrazole rings is 1. The second-order valence-electron chi connectivity index (χ2n) is 5.09. The average Bonchev–Trinajstić information content (AvgIpc) is 3.14. The zero-order chi connectivity index (χ0) is 18.0. The summed E-state index contributed by atoms with van der Waals surface area (Å²) < 4.78 is 44.2. The van der Waals surface area contributed by atoms with Gasteiger partial charge in [0.1, 0.15) is 6.33 Å². The number of hydrogen-bond acceptors (Lipinski definition) is 5. The summed E-state index contributed by atoms with van der Waals surface area (Å²) in [6.07, 6.45) is -3.07. The van der Waals surface area contributed by atoms with Gasteiger partial charge >= 0.3 is 12.1 Å². The Morgan fingerprint density at radius 2 is 1.80 bits per heavy atom. The number of methoxy groups -OCH3 is 1. The van der Waals surface area contributed by atoms with Crippen LogP contribution in [-0.4, -0.2) is 33.3 Å². The molecule has 0 atom stereocenters. The quantitative estimate of drug-likeness (QED) is 0.680. The van der Waals surface area contributed by atoms with E-state index in [0.29, 0.717) is 16.8 Å². The first kappa shape index (κ1) is 16.6. The summed E-state index contributed by atoms with van der Waals surface area (Å²) in [4.78, 5) is 11.9. The van der Waals surface area contributed by atoms with Gasteiger partial charge in [0.2, 0.25) is 0 Å². The molecule has 0 radical (unpaired) electrons. The molecule has 25 heavy (non-hydrogen) atoms. The van der Waals surface area contributed by atoms with Gasteiger partial charge in [-0.15, -0.1) is 5.10 Å². The van der Waals surface area contributed by atoms with Crippen molar-refractivity contribution in [2.75, 3.05) is 7.11 Å². The number of carbonyl (C=O) groups excluding carboxylic acids is 1. The number of benzene rings is 2. The lowest BCUT2D eigenvalue weighted by Crippen LogP contribution is -2.05.